The molecule has 0 radical (unpaired) electrons. The van der Waals surface area contributed by atoms with Crippen molar-refractivity contribution in [2.24, 2.45) is 0 Å². The van der Waals surface area contributed by atoms with Crippen LogP contribution in [0.4, 0.5) is 5.69 Å². The number of hydrogen-bond acceptors (Lipinski definition) is 3. The van der Waals surface area contributed by atoms with Crippen LogP contribution in [0, 0.1) is 20.8 Å². The third kappa shape index (κ3) is 3.13. The summed E-state index contributed by atoms with van der Waals surface area (Å²) in [7, 11) is 0. The third-order valence-corrected chi connectivity index (χ3v) is 3.71. The van der Waals surface area contributed by atoms with Crippen molar-refractivity contribution in [3.8, 4) is 5.69 Å². The van der Waals surface area contributed by atoms with Crippen molar-refractivity contribution in [2.75, 3.05) is 5.32 Å². The minimum atomic E-state index is -0.312. The fraction of sp³-hybridized carbons (Fsp3) is 0.167. The van der Waals surface area contributed by atoms with Gasteiger partial charge >= 0.3 is 0 Å². The Morgan fingerprint density at radius 2 is 1.65 bits per heavy atom. The first-order valence-corrected chi connectivity index (χ1v) is 7.41. The molecule has 0 aliphatic heterocycles. The second-order valence-corrected chi connectivity index (χ2v) is 5.57. The first-order valence-electron chi connectivity index (χ1n) is 7.41. The molecule has 0 aliphatic carbocycles. The molecule has 0 bridgehead atoms. The molecule has 0 spiro atoms. The van der Waals surface area contributed by atoms with Gasteiger partial charge in [-0.2, -0.15) is 0 Å². The van der Waals surface area contributed by atoms with E-state index in [1.165, 1.54) is 5.56 Å². The van der Waals surface area contributed by atoms with E-state index in [1.807, 2.05) is 63.2 Å². The first-order chi connectivity index (χ1) is 11.0. The highest BCUT2D eigenvalue weighted by Gasteiger charge is 2.14. The van der Waals surface area contributed by atoms with E-state index in [4.69, 9.17) is 0 Å². The number of nitrogens with one attached hydrogen (secondary N) is 1. The summed E-state index contributed by atoms with van der Waals surface area (Å²) >= 11 is 0. The molecule has 0 unspecified atom stereocenters. The van der Waals surface area contributed by atoms with Crippen LogP contribution < -0.4 is 5.32 Å². The highest BCUT2D eigenvalue weighted by Crippen LogP contribution is 2.20. The largest absolute Gasteiger partial charge is 0.319 e. The predicted octanol–water partition coefficient (Wildman–Crippen LogP) is 3.44. The maximum atomic E-state index is 12.4. The van der Waals surface area contributed by atoms with Gasteiger partial charge in [-0.05, 0) is 44.0 Å². The summed E-state index contributed by atoms with van der Waals surface area (Å²) in [6.45, 7) is 5.94. The Hall–Kier alpha value is -2.95. The summed E-state index contributed by atoms with van der Waals surface area (Å²) in [5, 5.41) is 7.15. The van der Waals surface area contributed by atoms with Crippen molar-refractivity contribution in [1.82, 2.24) is 14.8 Å². The monoisotopic (exact) mass is 306 g/mol. The van der Waals surface area contributed by atoms with Gasteiger partial charge in [0.1, 0.15) is 6.33 Å². The number of aryl methyl sites for hydroxylation is 3. The second kappa shape index (κ2) is 6.04. The van der Waals surface area contributed by atoms with E-state index in [-0.39, 0.29) is 11.7 Å². The standard InChI is InChI=1S/C18H18N4O/c1-12-7-9-15(10-8-12)22-11-19-17(21-22)18(23)20-16-13(2)5-4-6-14(16)3/h4-11H,1-3H3,(H,20,23). The van der Waals surface area contributed by atoms with Gasteiger partial charge in [-0.25, -0.2) is 9.67 Å². The maximum Gasteiger partial charge on any atom is 0.295 e. The van der Waals surface area contributed by atoms with Gasteiger partial charge in [-0.1, -0.05) is 35.9 Å². The number of amides is 1. The maximum absolute atomic E-state index is 12.4. The van der Waals surface area contributed by atoms with Crippen LogP contribution in [0.1, 0.15) is 27.3 Å². The minimum Gasteiger partial charge on any atom is -0.319 e. The summed E-state index contributed by atoms with van der Waals surface area (Å²) in [6, 6.07) is 13.8. The smallest absolute Gasteiger partial charge is 0.295 e. The highest BCUT2D eigenvalue weighted by molar-refractivity contribution is 6.02. The minimum absolute atomic E-state index is 0.147. The van der Waals surface area contributed by atoms with Crippen molar-refractivity contribution in [1.29, 1.82) is 0 Å². The lowest BCUT2D eigenvalue weighted by Crippen LogP contribution is -2.16. The molecular formula is C18H18N4O. The normalized spacial score (nSPS) is 10.6. The molecule has 0 saturated heterocycles. The Labute approximate surface area is 135 Å². The zero-order valence-electron chi connectivity index (χ0n) is 13.4. The van der Waals surface area contributed by atoms with Crippen LogP contribution in [0.15, 0.2) is 48.8 Å². The van der Waals surface area contributed by atoms with Crippen molar-refractivity contribution < 1.29 is 4.79 Å². The van der Waals surface area contributed by atoms with E-state index in [0.717, 1.165) is 22.5 Å². The van der Waals surface area contributed by atoms with Gasteiger partial charge in [0.15, 0.2) is 0 Å². The van der Waals surface area contributed by atoms with E-state index in [9.17, 15) is 4.79 Å². The quantitative estimate of drug-likeness (QED) is 0.806. The number of benzene rings is 2. The van der Waals surface area contributed by atoms with E-state index < -0.39 is 0 Å². The van der Waals surface area contributed by atoms with Gasteiger partial charge in [0.2, 0.25) is 5.82 Å². The molecule has 0 fully saturated rings. The topological polar surface area (TPSA) is 59.8 Å². The molecular weight excluding hydrogens is 288 g/mol. The molecule has 5 heteroatoms. The average Bonchev–Trinajstić information content (AvgIpc) is 3.02. The Balaban J connectivity index is 1.83. The van der Waals surface area contributed by atoms with Crippen molar-refractivity contribution in [3.05, 3.63) is 71.3 Å². The Morgan fingerprint density at radius 3 is 2.30 bits per heavy atom. The number of carbonyl (C=O) groups excluding carboxylic acids is 1. The fourth-order valence-electron chi connectivity index (χ4n) is 2.37. The molecule has 0 atom stereocenters. The zero-order valence-corrected chi connectivity index (χ0v) is 13.4. The fourth-order valence-corrected chi connectivity index (χ4v) is 2.37. The second-order valence-electron chi connectivity index (χ2n) is 5.57. The van der Waals surface area contributed by atoms with Crippen molar-refractivity contribution in [2.45, 2.75) is 20.8 Å². The first kappa shape index (κ1) is 15.0. The lowest BCUT2D eigenvalue weighted by Gasteiger charge is -2.09. The molecule has 5 nitrogen and oxygen atoms in total. The molecule has 1 heterocycles. The van der Waals surface area contributed by atoms with Crippen molar-refractivity contribution in [3.63, 3.8) is 0 Å². The molecule has 1 amide bonds. The van der Waals surface area contributed by atoms with E-state index in [2.05, 4.69) is 15.4 Å². The van der Waals surface area contributed by atoms with Crippen LogP contribution in [-0.2, 0) is 0 Å². The van der Waals surface area contributed by atoms with Crippen LogP contribution in [0.5, 0.6) is 0 Å². The number of nitrogens with zero attached hydrogens (tertiary/aromatic N) is 3. The number of hydrogen-bond donors (Lipinski definition) is 1. The number of aromatic nitrogens is 3. The van der Waals surface area contributed by atoms with Crippen LogP contribution in [0.2, 0.25) is 0 Å². The van der Waals surface area contributed by atoms with Gasteiger partial charge in [0.25, 0.3) is 5.91 Å². The molecule has 116 valence electrons. The SMILES string of the molecule is Cc1ccc(-n2cnc(C(=O)Nc3c(C)cccc3C)n2)cc1. The van der Waals surface area contributed by atoms with Crippen LogP contribution >= 0.6 is 0 Å². The van der Waals surface area contributed by atoms with E-state index in [1.54, 1.807) is 11.0 Å². The number of carbonyl (C=O) groups is 1. The van der Waals surface area contributed by atoms with Gasteiger partial charge in [-0.15, -0.1) is 5.10 Å². The van der Waals surface area contributed by atoms with Crippen molar-refractivity contribution >= 4 is 11.6 Å². The Kier molecular flexibility index (Phi) is 3.93. The Bertz CT molecular complexity index is 829. The number of para-hydroxylation sites is 1. The van der Waals surface area contributed by atoms with Crippen LogP contribution in [0.3, 0.4) is 0 Å². The van der Waals surface area contributed by atoms with Gasteiger partial charge < -0.3 is 5.32 Å². The molecule has 1 aromatic heterocycles. The summed E-state index contributed by atoms with van der Waals surface area (Å²) in [4.78, 5) is 16.5. The molecule has 23 heavy (non-hydrogen) atoms. The Morgan fingerprint density at radius 1 is 1.00 bits per heavy atom. The number of anilines is 1. The third-order valence-electron chi connectivity index (χ3n) is 3.71. The summed E-state index contributed by atoms with van der Waals surface area (Å²) in [6.07, 6.45) is 1.55. The summed E-state index contributed by atoms with van der Waals surface area (Å²) < 4.78 is 1.60. The molecule has 2 aromatic carbocycles. The summed E-state index contributed by atoms with van der Waals surface area (Å²) in [5.41, 5.74) is 4.87. The van der Waals surface area contributed by atoms with E-state index in [0.29, 0.717) is 0 Å². The molecule has 3 aromatic rings. The zero-order chi connectivity index (χ0) is 16.4. The summed E-state index contributed by atoms with van der Waals surface area (Å²) in [5.74, 6) is -0.165. The lowest BCUT2D eigenvalue weighted by atomic mass is 10.1. The number of rotatable bonds is 3. The highest BCUT2D eigenvalue weighted by atomic mass is 16.2. The van der Waals surface area contributed by atoms with E-state index >= 15 is 0 Å². The molecule has 3 rings (SSSR count). The lowest BCUT2D eigenvalue weighted by molar-refractivity contribution is 0.101. The van der Waals surface area contributed by atoms with Gasteiger partial charge in [-0.3, -0.25) is 4.79 Å². The van der Waals surface area contributed by atoms with Gasteiger partial charge in [0, 0.05) is 5.69 Å². The molecule has 1 N–H and O–H groups in total. The molecule has 0 aliphatic rings. The average molecular weight is 306 g/mol. The predicted molar refractivity (Wildman–Crippen MR) is 90.0 cm³/mol. The van der Waals surface area contributed by atoms with Crippen LogP contribution in [-0.4, -0.2) is 20.7 Å². The van der Waals surface area contributed by atoms with Crippen LogP contribution in [0.25, 0.3) is 5.69 Å². The molecule has 0 saturated carbocycles. The van der Waals surface area contributed by atoms with Gasteiger partial charge in [0.05, 0.1) is 5.69 Å².